The van der Waals surface area contributed by atoms with Crippen LogP contribution in [0, 0.1) is 35.9 Å². The fraction of sp³-hybridized carbons (Fsp3) is 0.515. The Labute approximate surface area is 258 Å². The minimum atomic E-state index is -3.30. The number of nitriles is 1. The Bertz CT molecular complexity index is 1880. The van der Waals surface area contributed by atoms with E-state index in [1.54, 1.807) is 24.6 Å². The van der Waals surface area contributed by atoms with E-state index in [1.807, 2.05) is 6.20 Å². The minimum Gasteiger partial charge on any atom is -0.363 e. The molecule has 2 aliphatic heterocycles. The Hall–Kier alpha value is -4.27. The second-order valence-corrected chi connectivity index (χ2v) is 13.1. The molecule has 0 amide bonds. The van der Waals surface area contributed by atoms with Crippen LogP contribution in [-0.2, 0) is 24.4 Å². The summed E-state index contributed by atoms with van der Waals surface area (Å²) in [6, 6.07) is 7.36. The van der Waals surface area contributed by atoms with Crippen molar-refractivity contribution in [1.29, 1.82) is 5.26 Å². The van der Waals surface area contributed by atoms with Crippen LogP contribution in [0.25, 0.3) is 11.0 Å². The molecule has 2 saturated carbocycles. The van der Waals surface area contributed by atoms with Crippen LogP contribution in [0.4, 0.5) is 19.0 Å². The van der Waals surface area contributed by atoms with E-state index in [4.69, 9.17) is 0 Å². The summed E-state index contributed by atoms with van der Waals surface area (Å²) in [5.41, 5.74) is -0.489. The summed E-state index contributed by atoms with van der Waals surface area (Å²) in [5.74, 6) is -2.86. The van der Waals surface area contributed by atoms with Gasteiger partial charge in [0, 0.05) is 24.1 Å². The molecule has 1 aromatic carbocycles. The third kappa shape index (κ3) is 5.36. The van der Waals surface area contributed by atoms with Gasteiger partial charge in [-0.2, -0.15) is 5.26 Å². The van der Waals surface area contributed by atoms with E-state index >= 15 is 13.2 Å². The van der Waals surface area contributed by atoms with Crippen molar-refractivity contribution in [2.24, 2.45) is 11.8 Å². The van der Waals surface area contributed by atoms with Crippen LogP contribution in [0.3, 0.4) is 0 Å². The second-order valence-electron chi connectivity index (χ2n) is 13.1. The fourth-order valence-electron chi connectivity index (χ4n) is 7.06. The lowest BCUT2D eigenvalue weighted by molar-refractivity contribution is -0.0288. The zero-order valence-corrected chi connectivity index (χ0v) is 25.4. The molecule has 4 aromatic rings. The number of anilines is 1. The van der Waals surface area contributed by atoms with E-state index in [0.717, 1.165) is 25.7 Å². The van der Waals surface area contributed by atoms with Gasteiger partial charge < -0.3 is 5.32 Å². The van der Waals surface area contributed by atoms with Crippen LogP contribution in [0.5, 0.6) is 0 Å². The summed E-state index contributed by atoms with van der Waals surface area (Å²) in [5, 5.41) is 22.3. The Balaban J connectivity index is 1.36. The standard InChI is InChI=1S/C33H35F3N8O/c1-19-24-6-3-7-26(28(24)34)33(35,36)9-8-22-13-21(14-22)5-4-12-43-16-23(41-42-43)17-44-30-25(29(38-19)39-20(2)40-30)15-27(31(44)45)32(18-37)10-11-32/h3,6-7,15-16,19,21-22H,4-5,8-14,17H2,1-2H3,(H,38,39,40)/t19-,21?,22?/m1/s1. The van der Waals surface area contributed by atoms with Crippen molar-refractivity contribution in [3.05, 3.63) is 74.8 Å². The predicted octanol–water partition coefficient (Wildman–Crippen LogP) is 6.30. The highest BCUT2D eigenvalue weighted by atomic mass is 19.3. The van der Waals surface area contributed by atoms with Gasteiger partial charge in [-0.1, -0.05) is 23.4 Å². The maximum Gasteiger partial charge on any atom is 0.276 e. The lowest BCUT2D eigenvalue weighted by atomic mass is 9.70. The van der Waals surface area contributed by atoms with Gasteiger partial charge in [0.25, 0.3) is 11.5 Å². The van der Waals surface area contributed by atoms with E-state index in [9.17, 15) is 10.1 Å². The molecular weight excluding hydrogens is 581 g/mol. The number of aryl methyl sites for hydroxylation is 2. The maximum atomic E-state index is 15.9. The number of fused-ring (bicyclic) bond motifs is 5. The van der Waals surface area contributed by atoms with Crippen molar-refractivity contribution in [2.75, 3.05) is 5.32 Å². The monoisotopic (exact) mass is 616 g/mol. The Morgan fingerprint density at radius 2 is 1.87 bits per heavy atom. The van der Waals surface area contributed by atoms with Crippen LogP contribution in [0.15, 0.2) is 35.3 Å². The van der Waals surface area contributed by atoms with Gasteiger partial charge >= 0.3 is 0 Å². The minimum absolute atomic E-state index is 0.0864. The molecule has 0 saturated heterocycles. The largest absolute Gasteiger partial charge is 0.363 e. The van der Waals surface area contributed by atoms with Crippen LogP contribution in [0.2, 0.25) is 0 Å². The summed E-state index contributed by atoms with van der Waals surface area (Å²) >= 11 is 0. The summed E-state index contributed by atoms with van der Waals surface area (Å²) in [6.07, 6.45) is 6.53. The first kappa shape index (κ1) is 29.4. The molecule has 1 atom stereocenters. The number of aromatic nitrogens is 6. The van der Waals surface area contributed by atoms with Crippen molar-refractivity contribution < 1.29 is 13.2 Å². The average Bonchev–Trinajstić information content (AvgIpc) is 3.65. The normalized spacial score (nSPS) is 24.0. The van der Waals surface area contributed by atoms with Gasteiger partial charge in [0.2, 0.25) is 0 Å². The molecule has 2 fully saturated rings. The van der Waals surface area contributed by atoms with Crippen molar-refractivity contribution in [2.45, 2.75) is 95.7 Å². The van der Waals surface area contributed by atoms with Crippen LogP contribution in [-0.4, -0.2) is 29.5 Å². The van der Waals surface area contributed by atoms with Crippen LogP contribution >= 0.6 is 0 Å². The van der Waals surface area contributed by atoms with Gasteiger partial charge in [0.1, 0.15) is 28.8 Å². The molecule has 5 heterocycles. The molecule has 45 heavy (non-hydrogen) atoms. The molecule has 2 aliphatic carbocycles. The van der Waals surface area contributed by atoms with Gasteiger partial charge in [0.15, 0.2) is 0 Å². The predicted molar refractivity (Wildman–Crippen MR) is 161 cm³/mol. The molecule has 12 heteroatoms. The highest BCUT2D eigenvalue weighted by Gasteiger charge is 2.47. The first-order valence-corrected chi connectivity index (χ1v) is 15.7. The average molecular weight is 617 g/mol. The van der Waals surface area contributed by atoms with Gasteiger partial charge in [-0.3, -0.25) is 14.0 Å². The van der Waals surface area contributed by atoms with Crippen molar-refractivity contribution >= 4 is 16.9 Å². The SMILES string of the molecule is Cc1nc2c3cc(C4(C#N)CC4)c(=O)n(c3n1)Cc1cn(nn1)CCCC1CC(CCC(F)(F)c3cccc(c3F)[C@@H](C)N2)C1. The van der Waals surface area contributed by atoms with Crippen LogP contribution < -0.4 is 10.9 Å². The van der Waals surface area contributed by atoms with Crippen molar-refractivity contribution in [1.82, 2.24) is 29.5 Å². The lowest BCUT2D eigenvalue weighted by Crippen LogP contribution is -2.30. The van der Waals surface area contributed by atoms with E-state index in [0.29, 0.717) is 65.7 Å². The quantitative estimate of drug-likeness (QED) is 0.267. The zero-order chi connectivity index (χ0) is 31.5. The van der Waals surface area contributed by atoms with E-state index in [-0.39, 0.29) is 23.6 Å². The molecule has 3 aromatic heterocycles. The maximum absolute atomic E-state index is 15.9. The van der Waals surface area contributed by atoms with Crippen molar-refractivity contribution in [3.63, 3.8) is 0 Å². The van der Waals surface area contributed by atoms with E-state index in [1.165, 1.54) is 22.8 Å². The molecule has 9 nitrogen and oxygen atoms in total. The number of hydrogen-bond donors (Lipinski definition) is 1. The number of nitrogens with one attached hydrogen (secondary N) is 1. The number of benzene rings is 1. The topological polar surface area (TPSA) is 114 Å². The molecule has 4 aliphatic rings. The van der Waals surface area contributed by atoms with E-state index < -0.39 is 35.2 Å². The smallest absolute Gasteiger partial charge is 0.276 e. The van der Waals surface area contributed by atoms with Gasteiger partial charge in [0.05, 0.1) is 41.2 Å². The highest BCUT2D eigenvalue weighted by Crippen LogP contribution is 2.47. The van der Waals surface area contributed by atoms with Gasteiger partial charge in [-0.15, -0.1) is 5.10 Å². The van der Waals surface area contributed by atoms with Crippen LogP contribution in [0.1, 0.15) is 92.5 Å². The summed E-state index contributed by atoms with van der Waals surface area (Å²) in [7, 11) is 0. The van der Waals surface area contributed by atoms with E-state index in [2.05, 4.69) is 31.7 Å². The molecule has 0 spiro atoms. The van der Waals surface area contributed by atoms with Crippen molar-refractivity contribution in [3.8, 4) is 6.07 Å². The Kier molecular flexibility index (Phi) is 7.17. The third-order valence-corrected chi connectivity index (χ3v) is 9.88. The Morgan fingerprint density at radius 1 is 1.09 bits per heavy atom. The molecule has 10 bridgehead atoms. The third-order valence-electron chi connectivity index (χ3n) is 9.88. The molecule has 234 valence electrons. The number of nitrogens with zero attached hydrogens (tertiary/aromatic N) is 7. The highest BCUT2D eigenvalue weighted by molar-refractivity contribution is 5.88. The molecule has 0 radical (unpaired) electrons. The molecular formula is C33H35F3N8O. The zero-order valence-electron chi connectivity index (χ0n) is 25.4. The van der Waals surface area contributed by atoms with Gasteiger partial charge in [-0.25, -0.2) is 23.1 Å². The first-order valence-electron chi connectivity index (χ1n) is 15.7. The first-order chi connectivity index (χ1) is 21.6. The Morgan fingerprint density at radius 3 is 2.62 bits per heavy atom. The number of rotatable bonds is 1. The molecule has 8 rings (SSSR count). The summed E-state index contributed by atoms with van der Waals surface area (Å²) in [6.45, 7) is 4.11. The summed E-state index contributed by atoms with van der Waals surface area (Å²) in [4.78, 5) is 23.2. The summed E-state index contributed by atoms with van der Waals surface area (Å²) < 4.78 is 50.0. The number of halogens is 3. The second kappa shape index (κ2) is 11.0. The number of hydrogen-bond acceptors (Lipinski definition) is 7. The van der Waals surface area contributed by atoms with Gasteiger partial charge in [-0.05, 0) is 76.7 Å². The lowest BCUT2D eigenvalue weighted by Gasteiger charge is -2.36. The number of alkyl halides is 2. The molecule has 0 unspecified atom stereocenters. The molecule has 1 N–H and O–H groups in total. The number of pyridine rings is 1. The fourth-order valence-corrected chi connectivity index (χ4v) is 7.06.